The summed E-state index contributed by atoms with van der Waals surface area (Å²) in [6.07, 6.45) is 1.76. The van der Waals surface area contributed by atoms with Crippen LogP contribution < -0.4 is 15.4 Å². The van der Waals surface area contributed by atoms with Crippen LogP contribution in [-0.2, 0) is 0 Å². The molecule has 1 heterocycles. The van der Waals surface area contributed by atoms with Gasteiger partial charge in [-0.05, 0) is 38.1 Å². The molecule has 1 aromatic heterocycles. The van der Waals surface area contributed by atoms with Gasteiger partial charge in [0.15, 0.2) is 0 Å². The van der Waals surface area contributed by atoms with Crippen LogP contribution in [0.4, 0.5) is 16.2 Å². The fourth-order valence-corrected chi connectivity index (χ4v) is 2.41. The van der Waals surface area contributed by atoms with Gasteiger partial charge in [0.2, 0.25) is 0 Å². The molecule has 0 aliphatic carbocycles. The Bertz CT molecular complexity index is 863. The van der Waals surface area contributed by atoms with E-state index in [0.29, 0.717) is 11.4 Å². The molecular formula is C19H20ClN3O2. The number of anilines is 2. The van der Waals surface area contributed by atoms with Gasteiger partial charge in [-0.15, -0.1) is 12.4 Å². The van der Waals surface area contributed by atoms with E-state index >= 15 is 0 Å². The van der Waals surface area contributed by atoms with Crippen LogP contribution in [-0.4, -0.2) is 17.1 Å². The number of ether oxygens (including phenoxy) is 1. The third-order valence-corrected chi connectivity index (χ3v) is 3.36. The summed E-state index contributed by atoms with van der Waals surface area (Å²) in [4.78, 5) is 16.6. The molecule has 0 atom stereocenters. The molecule has 0 aliphatic heterocycles. The number of rotatable bonds is 4. The molecule has 2 amide bonds. The predicted molar refractivity (Wildman–Crippen MR) is 104 cm³/mol. The number of aromatic nitrogens is 1. The monoisotopic (exact) mass is 357 g/mol. The summed E-state index contributed by atoms with van der Waals surface area (Å²) in [7, 11) is 0. The first-order chi connectivity index (χ1) is 11.6. The largest absolute Gasteiger partial charge is 0.491 e. The van der Waals surface area contributed by atoms with Gasteiger partial charge in [0, 0.05) is 23.3 Å². The lowest BCUT2D eigenvalue weighted by Crippen LogP contribution is -2.19. The highest BCUT2D eigenvalue weighted by Crippen LogP contribution is 2.22. The number of nitrogens with zero attached hydrogens (tertiary/aromatic N) is 1. The highest BCUT2D eigenvalue weighted by Gasteiger charge is 2.07. The average Bonchev–Trinajstić information content (AvgIpc) is 2.55. The molecule has 6 heteroatoms. The van der Waals surface area contributed by atoms with Crippen molar-refractivity contribution in [3.63, 3.8) is 0 Å². The first kappa shape index (κ1) is 18.5. The van der Waals surface area contributed by atoms with E-state index in [4.69, 9.17) is 4.74 Å². The molecule has 5 nitrogen and oxygen atoms in total. The lowest BCUT2D eigenvalue weighted by Gasteiger charge is -2.12. The van der Waals surface area contributed by atoms with E-state index in [9.17, 15) is 4.79 Å². The maximum atomic E-state index is 12.3. The Hall–Kier alpha value is -2.79. The fraction of sp³-hybridized carbons (Fsp3) is 0.158. The Kier molecular flexibility index (Phi) is 6.19. The summed E-state index contributed by atoms with van der Waals surface area (Å²) < 4.78 is 5.63. The van der Waals surface area contributed by atoms with Gasteiger partial charge in [-0.1, -0.05) is 24.3 Å². The SMILES string of the molecule is CC(C)Oc1cccc(NC(=O)Nc2ccnc3ccccc23)c1.Cl. The van der Waals surface area contributed by atoms with E-state index in [1.807, 2.05) is 56.3 Å². The second-order valence-corrected chi connectivity index (χ2v) is 5.65. The minimum Gasteiger partial charge on any atom is -0.491 e. The zero-order valence-corrected chi connectivity index (χ0v) is 14.8. The molecular weight excluding hydrogens is 338 g/mol. The number of fused-ring (bicyclic) bond motifs is 1. The van der Waals surface area contributed by atoms with E-state index < -0.39 is 0 Å². The van der Waals surface area contributed by atoms with E-state index in [-0.39, 0.29) is 24.5 Å². The summed E-state index contributed by atoms with van der Waals surface area (Å²) >= 11 is 0. The van der Waals surface area contributed by atoms with Crippen molar-refractivity contribution in [1.29, 1.82) is 0 Å². The Morgan fingerprint density at radius 2 is 1.84 bits per heavy atom. The van der Waals surface area contributed by atoms with Gasteiger partial charge in [0.1, 0.15) is 5.75 Å². The van der Waals surface area contributed by atoms with Crippen LogP contribution in [0.15, 0.2) is 60.8 Å². The number of pyridine rings is 1. The van der Waals surface area contributed by atoms with Gasteiger partial charge in [-0.2, -0.15) is 0 Å². The smallest absolute Gasteiger partial charge is 0.323 e. The number of hydrogen-bond donors (Lipinski definition) is 2. The molecule has 0 unspecified atom stereocenters. The van der Waals surface area contributed by atoms with Crippen molar-refractivity contribution in [2.75, 3.05) is 10.6 Å². The van der Waals surface area contributed by atoms with Gasteiger partial charge in [0.25, 0.3) is 0 Å². The molecule has 0 fully saturated rings. The van der Waals surface area contributed by atoms with Crippen LogP contribution in [0.25, 0.3) is 10.9 Å². The average molecular weight is 358 g/mol. The fourth-order valence-electron chi connectivity index (χ4n) is 2.41. The summed E-state index contributed by atoms with van der Waals surface area (Å²) in [5.41, 5.74) is 2.22. The molecule has 2 N–H and O–H groups in total. The lowest BCUT2D eigenvalue weighted by molar-refractivity contribution is 0.242. The molecule has 0 saturated carbocycles. The van der Waals surface area contributed by atoms with E-state index in [1.54, 1.807) is 18.3 Å². The first-order valence-electron chi connectivity index (χ1n) is 7.80. The minimum absolute atomic E-state index is 0. The Balaban J connectivity index is 0.00000225. The maximum Gasteiger partial charge on any atom is 0.323 e. The molecule has 0 spiro atoms. The normalized spacial score (nSPS) is 10.2. The second-order valence-electron chi connectivity index (χ2n) is 5.65. The highest BCUT2D eigenvalue weighted by molar-refractivity contribution is 6.05. The summed E-state index contributed by atoms with van der Waals surface area (Å²) in [5.74, 6) is 0.720. The van der Waals surface area contributed by atoms with Crippen LogP contribution in [0.2, 0.25) is 0 Å². The molecule has 0 saturated heterocycles. The van der Waals surface area contributed by atoms with E-state index in [1.165, 1.54) is 0 Å². The standard InChI is InChI=1S/C19H19N3O2.ClH/c1-13(2)24-15-7-5-6-14(12-15)21-19(23)22-18-10-11-20-17-9-4-3-8-16(17)18;/h3-13H,1-2H3,(H2,20,21,22,23);1H. The molecule has 3 aromatic rings. The second kappa shape index (κ2) is 8.35. The zero-order chi connectivity index (χ0) is 16.9. The van der Waals surface area contributed by atoms with Crippen molar-refractivity contribution < 1.29 is 9.53 Å². The number of urea groups is 1. The topological polar surface area (TPSA) is 63.2 Å². The summed E-state index contributed by atoms with van der Waals surface area (Å²) in [5, 5.41) is 6.58. The third kappa shape index (κ3) is 4.84. The van der Waals surface area contributed by atoms with Gasteiger partial charge in [-0.3, -0.25) is 4.98 Å². The van der Waals surface area contributed by atoms with Crippen molar-refractivity contribution in [1.82, 2.24) is 4.98 Å². The Morgan fingerprint density at radius 3 is 2.64 bits per heavy atom. The molecule has 2 aromatic carbocycles. The van der Waals surface area contributed by atoms with Gasteiger partial charge < -0.3 is 15.4 Å². The molecule has 0 bridgehead atoms. The Labute approximate surface area is 152 Å². The van der Waals surface area contributed by atoms with Crippen LogP contribution in [0.1, 0.15) is 13.8 Å². The van der Waals surface area contributed by atoms with E-state index in [2.05, 4.69) is 15.6 Å². The number of benzene rings is 2. The van der Waals surface area contributed by atoms with Crippen molar-refractivity contribution in [2.24, 2.45) is 0 Å². The van der Waals surface area contributed by atoms with E-state index in [0.717, 1.165) is 16.7 Å². The van der Waals surface area contributed by atoms with Gasteiger partial charge in [-0.25, -0.2) is 4.79 Å². The number of halogens is 1. The number of para-hydroxylation sites is 1. The molecule has 3 rings (SSSR count). The molecule has 25 heavy (non-hydrogen) atoms. The van der Waals surface area contributed by atoms with Crippen LogP contribution in [0, 0.1) is 0 Å². The molecule has 130 valence electrons. The van der Waals surface area contributed by atoms with Gasteiger partial charge >= 0.3 is 6.03 Å². The highest BCUT2D eigenvalue weighted by atomic mass is 35.5. The van der Waals surface area contributed by atoms with Crippen LogP contribution in [0.3, 0.4) is 0 Å². The maximum absolute atomic E-state index is 12.3. The molecule has 0 radical (unpaired) electrons. The minimum atomic E-state index is -0.312. The van der Waals surface area contributed by atoms with Crippen molar-refractivity contribution >= 4 is 40.7 Å². The first-order valence-corrected chi connectivity index (χ1v) is 7.80. The Morgan fingerprint density at radius 1 is 1.04 bits per heavy atom. The van der Waals surface area contributed by atoms with Crippen LogP contribution in [0.5, 0.6) is 5.75 Å². The predicted octanol–water partition coefficient (Wildman–Crippen LogP) is 5.09. The summed E-state index contributed by atoms with van der Waals surface area (Å²) in [6.45, 7) is 3.92. The van der Waals surface area contributed by atoms with Crippen molar-refractivity contribution in [3.05, 3.63) is 60.8 Å². The number of carbonyl (C=O) groups is 1. The third-order valence-electron chi connectivity index (χ3n) is 3.36. The number of hydrogen-bond acceptors (Lipinski definition) is 3. The molecule has 0 aliphatic rings. The number of nitrogens with one attached hydrogen (secondary N) is 2. The number of amides is 2. The lowest BCUT2D eigenvalue weighted by atomic mass is 10.2. The number of carbonyl (C=O) groups excluding carboxylic acids is 1. The van der Waals surface area contributed by atoms with Crippen molar-refractivity contribution in [3.8, 4) is 5.75 Å². The van der Waals surface area contributed by atoms with Crippen molar-refractivity contribution in [2.45, 2.75) is 20.0 Å². The quantitative estimate of drug-likeness (QED) is 0.683. The zero-order valence-electron chi connectivity index (χ0n) is 14.0. The summed E-state index contributed by atoms with van der Waals surface area (Å²) in [6, 6.07) is 16.4. The van der Waals surface area contributed by atoms with Gasteiger partial charge in [0.05, 0.1) is 17.3 Å². The van der Waals surface area contributed by atoms with Crippen LogP contribution >= 0.6 is 12.4 Å².